The minimum absolute atomic E-state index is 0.115. The molecule has 0 saturated heterocycles. The highest BCUT2D eigenvalue weighted by Gasteiger charge is 2.27. The molecule has 0 radical (unpaired) electrons. The van der Waals surface area contributed by atoms with Gasteiger partial charge in [0.05, 0.1) is 0 Å². The van der Waals surface area contributed by atoms with Crippen molar-refractivity contribution >= 4 is 17.5 Å². The predicted octanol–water partition coefficient (Wildman–Crippen LogP) is 2.80. The molecule has 0 fully saturated rings. The number of alkyl halides is 1. The first-order chi connectivity index (χ1) is 6.35. The van der Waals surface area contributed by atoms with Crippen molar-refractivity contribution in [3.05, 3.63) is 0 Å². The molecule has 0 saturated carbocycles. The van der Waals surface area contributed by atoms with E-state index in [0.717, 1.165) is 6.42 Å². The fourth-order valence-corrected chi connectivity index (χ4v) is 1.11. The second-order valence-corrected chi connectivity index (χ2v) is 4.94. The first kappa shape index (κ1) is 13.8. The predicted molar refractivity (Wildman–Crippen MR) is 61.6 cm³/mol. The van der Waals surface area contributed by atoms with Crippen LogP contribution in [0.1, 0.15) is 41.0 Å². The van der Waals surface area contributed by atoms with Crippen LogP contribution in [0, 0.1) is 11.3 Å². The summed E-state index contributed by atoms with van der Waals surface area (Å²) in [6.45, 7) is 9.98. The van der Waals surface area contributed by atoms with Crippen molar-refractivity contribution in [2.45, 2.75) is 47.1 Å². The molecular weight excluding hydrogens is 198 g/mol. The van der Waals surface area contributed by atoms with Crippen molar-refractivity contribution in [2.75, 3.05) is 5.88 Å². The summed E-state index contributed by atoms with van der Waals surface area (Å²) in [5.41, 5.74) is -0.277. The summed E-state index contributed by atoms with van der Waals surface area (Å²) in [7, 11) is 0. The lowest BCUT2D eigenvalue weighted by molar-refractivity contribution is -0.130. The molecule has 3 heteroatoms. The smallest absolute Gasteiger partial charge is 0.225 e. The lowest BCUT2D eigenvalue weighted by Crippen LogP contribution is -2.44. The van der Waals surface area contributed by atoms with Crippen molar-refractivity contribution in [3.8, 4) is 0 Å². The number of carbonyl (C=O) groups is 1. The Hall–Kier alpha value is -0.240. The van der Waals surface area contributed by atoms with Gasteiger partial charge in [0.25, 0.3) is 0 Å². The van der Waals surface area contributed by atoms with Crippen molar-refractivity contribution < 1.29 is 4.79 Å². The number of hydrogen-bond donors (Lipinski definition) is 1. The van der Waals surface area contributed by atoms with Gasteiger partial charge in [-0.05, 0) is 19.3 Å². The standard InChI is InChI=1S/C11H22ClNO/c1-6-11(4,5)10(14)13-9(3)8(2)7-12/h8-9H,6-7H2,1-5H3,(H,13,14). The fraction of sp³-hybridized carbons (Fsp3) is 0.909. The number of hydrogen-bond acceptors (Lipinski definition) is 1. The average molecular weight is 220 g/mol. The van der Waals surface area contributed by atoms with Gasteiger partial charge < -0.3 is 5.32 Å². The molecule has 1 N–H and O–H groups in total. The summed E-state index contributed by atoms with van der Waals surface area (Å²) in [6.07, 6.45) is 0.848. The molecule has 84 valence electrons. The Morgan fingerprint density at radius 1 is 1.43 bits per heavy atom. The van der Waals surface area contributed by atoms with Gasteiger partial charge in [-0.2, -0.15) is 0 Å². The van der Waals surface area contributed by atoms with Crippen LogP contribution < -0.4 is 5.32 Å². The fourth-order valence-electron chi connectivity index (χ4n) is 0.839. The largest absolute Gasteiger partial charge is 0.353 e. The van der Waals surface area contributed by atoms with Gasteiger partial charge in [0.2, 0.25) is 5.91 Å². The Labute approximate surface area is 92.4 Å². The van der Waals surface area contributed by atoms with Crippen LogP contribution in [0.2, 0.25) is 0 Å². The maximum absolute atomic E-state index is 11.8. The number of amides is 1. The summed E-state index contributed by atoms with van der Waals surface area (Å²) in [6, 6.07) is 0.144. The van der Waals surface area contributed by atoms with Gasteiger partial charge in [-0.15, -0.1) is 11.6 Å². The molecule has 0 spiro atoms. The number of carbonyl (C=O) groups excluding carboxylic acids is 1. The minimum atomic E-state index is -0.277. The second kappa shape index (κ2) is 5.59. The van der Waals surface area contributed by atoms with Crippen LogP contribution in [0.4, 0.5) is 0 Å². The monoisotopic (exact) mass is 219 g/mol. The summed E-state index contributed by atoms with van der Waals surface area (Å²) < 4.78 is 0. The molecule has 14 heavy (non-hydrogen) atoms. The molecule has 2 nitrogen and oxygen atoms in total. The molecule has 0 aliphatic carbocycles. The van der Waals surface area contributed by atoms with Crippen molar-refractivity contribution in [1.29, 1.82) is 0 Å². The van der Waals surface area contributed by atoms with Crippen LogP contribution in [0.5, 0.6) is 0 Å². The molecule has 0 aromatic heterocycles. The zero-order valence-electron chi connectivity index (χ0n) is 9.86. The van der Waals surface area contributed by atoms with E-state index >= 15 is 0 Å². The molecule has 0 aromatic rings. The topological polar surface area (TPSA) is 29.1 Å². The van der Waals surface area contributed by atoms with E-state index in [4.69, 9.17) is 11.6 Å². The van der Waals surface area contributed by atoms with Gasteiger partial charge in [0.15, 0.2) is 0 Å². The second-order valence-electron chi connectivity index (χ2n) is 4.63. The van der Waals surface area contributed by atoms with Crippen molar-refractivity contribution in [2.24, 2.45) is 11.3 Å². The van der Waals surface area contributed by atoms with Gasteiger partial charge >= 0.3 is 0 Å². The van der Waals surface area contributed by atoms with Gasteiger partial charge in [-0.25, -0.2) is 0 Å². The van der Waals surface area contributed by atoms with Crippen LogP contribution >= 0.6 is 11.6 Å². The quantitative estimate of drug-likeness (QED) is 0.708. The molecule has 2 unspecified atom stereocenters. The van der Waals surface area contributed by atoms with Crippen molar-refractivity contribution in [1.82, 2.24) is 5.32 Å². The van der Waals surface area contributed by atoms with Gasteiger partial charge in [-0.1, -0.05) is 27.7 Å². The van der Waals surface area contributed by atoms with E-state index in [1.54, 1.807) is 0 Å². The van der Waals surface area contributed by atoms with Gasteiger partial charge in [-0.3, -0.25) is 4.79 Å². The zero-order valence-corrected chi connectivity index (χ0v) is 10.6. The van der Waals surface area contributed by atoms with E-state index in [1.165, 1.54) is 0 Å². The van der Waals surface area contributed by atoms with E-state index in [-0.39, 0.29) is 17.4 Å². The van der Waals surface area contributed by atoms with E-state index in [1.807, 2.05) is 34.6 Å². The van der Waals surface area contributed by atoms with Crippen LogP contribution in [0.3, 0.4) is 0 Å². The van der Waals surface area contributed by atoms with Gasteiger partial charge in [0.1, 0.15) is 0 Å². The first-order valence-electron chi connectivity index (χ1n) is 5.22. The van der Waals surface area contributed by atoms with E-state index < -0.39 is 0 Å². The molecule has 0 aliphatic rings. The van der Waals surface area contributed by atoms with Crippen LogP contribution in [0.25, 0.3) is 0 Å². The molecule has 0 rings (SSSR count). The van der Waals surface area contributed by atoms with E-state index in [2.05, 4.69) is 5.32 Å². The Morgan fingerprint density at radius 2 is 1.93 bits per heavy atom. The normalized spacial score (nSPS) is 16.1. The maximum Gasteiger partial charge on any atom is 0.225 e. The van der Waals surface area contributed by atoms with E-state index in [0.29, 0.717) is 11.8 Å². The first-order valence-corrected chi connectivity index (χ1v) is 5.75. The van der Waals surface area contributed by atoms with Crippen LogP contribution in [-0.2, 0) is 4.79 Å². The Kier molecular flexibility index (Phi) is 5.50. The summed E-state index contributed by atoms with van der Waals surface area (Å²) in [4.78, 5) is 11.8. The lowest BCUT2D eigenvalue weighted by Gasteiger charge is -2.26. The Bertz CT molecular complexity index is 192. The molecule has 0 aliphatic heterocycles. The Morgan fingerprint density at radius 3 is 2.29 bits per heavy atom. The molecule has 0 heterocycles. The highest BCUT2D eigenvalue weighted by Crippen LogP contribution is 2.20. The summed E-state index contributed by atoms with van der Waals surface area (Å²) in [5, 5.41) is 3.00. The summed E-state index contributed by atoms with van der Waals surface area (Å²) >= 11 is 5.73. The molecular formula is C11H22ClNO. The lowest BCUT2D eigenvalue weighted by atomic mass is 9.88. The summed E-state index contributed by atoms with van der Waals surface area (Å²) in [5.74, 6) is 1.01. The van der Waals surface area contributed by atoms with E-state index in [9.17, 15) is 4.79 Å². The number of nitrogens with one attached hydrogen (secondary N) is 1. The molecule has 1 amide bonds. The zero-order chi connectivity index (χ0) is 11.4. The van der Waals surface area contributed by atoms with Crippen LogP contribution in [-0.4, -0.2) is 17.8 Å². The van der Waals surface area contributed by atoms with Crippen molar-refractivity contribution in [3.63, 3.8) is 0 Å². The minimum Gasteiger partial charge on any atom is -0.353 e. The van der Waals surface area contributed by atoms with Crippen LogP contribution in [0.15, 0.2) is 0 Å². The third-order valence-electron chi connectivity index (χ3n) is 2.95. The number of halogens is 1. The molecule has 0 aromatic carbocycles. The number of rotatable bonds is 5. The highest BCUT2D eigenvalue weighted by atomic mass is 35.5. The Balaban J connectivity index is 4.19. The third kappa shape index (κ3) is 3.87. The SMILES string of the molecule is CCC(C)(C)C(=O)NC(C)C(C)CCl. The highest BCUT2D eigenvalue weighted by molar-refractivity contribution is 6.18. The molecule has 2 atom stereocenters. The maximum atomic E-state index is 11.8. The average Bonchev–Trinajstić information content (AvgIpc) is 2.16. The van der Waals surface area contributed by atoms with Gasteiger partial charge in [0, 0.05) is 17.3 Å². The molecule has 0 bridgehead atoms. The third-order valence-corrected chi connectivity index (χ3v) is 3.44.